The predicted octanol–water partition coefficient (Wildman–Crippen LogP) is 2.65. The Morgan fingerprint density at radius 2 is 1.96 bits per heavy atom. The normalized spacial score (nSPS) is 11.7. The van der Waals surface area contributed by atoms with Crippen molar-refractivity contribution in [2.45, 2.75) is 39.8 Å². The van der Waals surface area contributed by atoms with Crippen molar-refractivity contribution < 1.29 is 5.11 Å². The molecule has 0 bridgehead atoms. The molecule has 0 radical (unpaired) electrons. The molecule has 0 aliphatic carbocycles. The van der Waals surface area contributed by atoms with Crippen molar-refractivity contribution >= 4 is 0 Å². The zero-order valence-electron chi connectivity index (χ0n) is 14.2. The molecule has 0 atom stereocenters. The lowest BCUT2D eigenvalue weighted by Gasteiger charge is -2.28. The summed E-state index contributed by atoms with van der Waals surface area (Å²) in [6.45, 7) is 9.38. The van der Waals surface area contributed by atoms with Crippen LogP contribution in [0.25, 0.3) is 5.69 Å². The van der Waals surface area contributed by atoms with Gasteiger partial charge in [0.05, 0.1) is 28.2 Å². The highest BCUT2D eigenvalue weighted by Gasteiger charge is 2.22. The molecule has 0 amide bonds. The first-order chi connectivity index (χ1) is 10.9. The molecule has 0 fully saturated rings. The molecule has 1 N–H and O–H groups in total. The monoisotopic (exact) mass is 312 g/mol. The molecular formula is C18H24N4O. The topological polar surface area (TPSA) is 65.1 Å². The van der Waals surface area contributed by atoms with Crippen LogP contribution >= 0.6 is 0 Å². The van der Waals surface area contributed by atoms with Crippen LogP contribution in [0.4, 0.5) is 0 Å². The lowest BCUT2D eigenvalue weighted by atomic mass is 10.1. The highest BCUT2D eigenvalue weighted by Crippen LogP contribution is 2.20. The van der Waals surface area contributed by atoms with E-state index in [1.807, 2.05) is 48.9 Å². The van der Waals surface area contributed by atoms with Gasteiger partial charge in [0.2, 0.25) is 0 Å². The third kappa shape index (κ3) is 4.19. The van der Waals surface area contributed by atoms with Crippen molar-refractivity contribution in [1.29, 1.82) is 5.26 Å². The highest BCUT2D eigenvalue weighted by molar-refractivity contribution is 5.43. The van der Waals surface area contributed by atoms with Crippen LogP contribution in [0.2, 0.25) is 0 Å². The van der Waals surface area contributed by atoms with Gasteiger partial charge in [0.1, 0.15) is 6.07 Å². The third-order valence-corrected chi connectivity index (χ3v) is 3.70. The van der Waals surface area contributed by atoms with E-state index in [9.17, 15) is 10.4 Å². The van der Waals surface area contributed by atoms with Gasteiger partial charge < -0.3 is 5.11 Å². The van der Waals surface area contributed by atoms with Crippen LogP contribution in [-0.4, -0.2) is 38.5 Å². The molecule has 23 heavy (non-hydrogen) atoms. The van der Waals surface area contributed by atoms with Gasteiger partial charge in [0.25, 0.3) is 0 Å². The Bertz CT molecular complexity index is 692. The minimum Gasteiger partial charge on any atom is -0.389 e. The summed E-state index contributed by atoms with van der Waals surface area (Å²) in [6.07, 6.45) is 0. The molecular weight excluding hydrogens is 288 g/mol. The number of hydrogen-bond donors (Lipinski definition) is 1. The van der Waals surface area contributed by atoms with Crippen molar-refractivity contribution in [3.63, 3.8) is 0 Å². The van der Waals surface area contributed by atoms with Gasteiger partial charge in [-0.2, -0.15) is 10.4 Å². The summed E-state index contributed by atoms with van der Waals surface area (Å²) >= 11 is 0. The average molecular weight is 312 g/mol. The maximum atomic E-state index is 10.1. The van der Waals surface area contributed by atoms with Crippen LogP contribution in [-0.2, 0) is 6.54 Å². The Balaban J connectivity index is 2.42. The fourth-order valence-corrected chi connectivity index (χ4v) is 2.69. The maximum Gasteiger partial charge on any atom is 0.103 e. The van der Waals surface area contributed by atoms with E-state index >= 15 is 0 Å². The molecule has 0 saturated carbocycles. The molecule has 5 heteroatoms. The van der Waals surface area contributed by atoms with E-state index in [0.29, 0.717) is 18.7 Å². The lowest BCUT2D eigenvalue weighted by molar-refractivity contribution is 0.0347. The standard InChI is InChI=1S/C18H24N4O/c1-5-21(13-18(3,4)23)12-17-16(11-19)14(2)20-22(17)15-9-7-6-8-10-15/h6-10,23H,5,12-13H2,1-4H3. The summed E-state index contributed by atoms with van der Waals surface area (Å²) < 4.78 is 1.83. The molecule has 5 nitrogen and oxygen atoms in total. The van der Waals surface area contributed by atoms with E-state index in [2.05, 4.69) is 16.1 Å². The van der Waals surface area contributed by atoms with Crippen molar-refractivity contribution in [1.82, 2.24) is 14.7 Å². The molecule has 1 aromatic carbocycles. The van der Waals surface area contributed by atoms with Crippen LogP contribution in [0, 0.1) is 18.3 Å². The highest BCUT2D eigenvalue weighted by atomic mass is 16.3. The van der Waals surface area contributed by atoms with Crippen molar-refractivity contribution in [2.75, 3.05) is 13.1 Å². The lowest BCUT2D eigenvalue weighted by Crippen LogP contribution is -2.38. The molecule has 2 aromatic rings. The van der Waals surface area contributed by atoms with E-state index in [-0.39, 0.29) is 0 Å². The van der Waals surface area contributed by atoms with Crippen LogP contribution in [0.1, 0.15) is 37.7 Å². The number of hydrogen-bond acceptors (Lipinski definition) is 4. The van der Waals surface area contributed by atoms with Crippen molar-refractivity contribution in [3.8, 4) is 11.8 Å². The number of nitrogens with zero attached hydrogens (tertiary/aromatic N) is 4. The number of aromatic nitrogens is 2. The number of nitriles is 1. The molecule has 0 spiro atoms. The minimum atomic E-state index is -0.782. The van der Waals surface area contributed by atoms with Crippen molar-refractivity contribution in [2.24, 2.45) is 0 Å². The molecule has 122 valence electrons. The van der Waals surface area contributed by atoms with E-state index in [4.69, 9.17) is 0 Å². The van der Waals surface area contributed by atoms with Crippen LogP contribution in [0.15, 0.2) is 30.3 Å². The second kappa shape index (κ2) is 6.95. The number of aryl methyl sites for hydroxylation is 1. The van der Waals surface area contributed by atoms with E-state index < -0.39 is 5.60 Å². The quantitative estimate of drug-likeness (QED) is 0.890. The molecule has 0 unspecified atom stereocenters. The fraction of sp³-hybridized carbons (Fsp3) is 0.444. The van der Waals surface area contributed by atoms with Crippen molar-refractivity contribution in [3.05, 3.63) is 47.3 Å². The maximum absolute atomic E-state index is 10.1. The SMILES string of the molecule is CCN(Cc1c(C#N)c(C)nn1-c1ccccc1)CC(C)(C)O. The van der Waals surface area contributed by atoms with E-state index in [1.54, 1.807) is 13.8 Å². The predicted molar refractivity (Wildman–Crippen MR) is 90.3 cm³/mol. The Hall–Kier alpha value is -2.16. The summed E-state index contributed by atoms with van der Waals surface area (Å²) in [5.41, 5.74) is 2.36. The third-order valence-electron chi connectivity index (χ3n) is 3.70. The summed E-state index contributed by atoms with van der Waals surface area (Å²) in [7, 11) is 0. The summed E-state index contributed by atoms with van der Waals surface area (Å²) in [4.78, 5) is 2.12. The number of aliphatic hydroxyl groups is 1. The second-order valence-electron chi connectivity index (χ2n) is 6.38. The van der Waals surface area contributed by atoms with Gasteiger partial charge in [-0.25, -0.2) is 4.68 Å². The Labute approximate surface area is 137 Å². The minimum absolute atomic E-state index is 0.535. The van der Waals surface area contributed by atoms with Gasteiger partial charge in [-0.1, -0.05) is 25.1 Å². The zero-order chi connectivity index (χ0) is 17.0. The summed E-state index contributed by atoms with van der Waals surface area (Å²) in [5, 5.41) is 24.1. The molecule has 0 aliphatic heterocycles. The molecule has 0 aliphatic rings. The Morgan fingerprint density at radius 3 is 2.48 bits per heavy atom. The number of para-hydroxylation sites is 1. The molecule has 2 rings (SSSR count). The van der Waals surface area contributed by atoms with Gasteiger partial charge in [-0.05, 0) is 39.4 Å². The number of rotatable bonds is 6. The number of likely N-dealkylation sites (N-methyl/N-ethyl adjacent to an activating group) is 1. The molecule has 0 saturated heterocycles. The summed E-state index contributed by atoms with van der Waals surface area (Å²) in [5.74, 6) is 0. The van der Waals surface area contributed by atoms with E-state index in [1.165, 1.54) is 0 Å². The van der Waals surface area contributed by atoms with Crippen LogP contribution in [0.3, 0.4) is 0 Å². The first kappa shape index (κ1) is 17.2. The largest absolute Gasteiger partial charge is 0.389 e. The molecule has 1 heterocycles. The average Bonchev–Trinajstić information content (AvgIpc) is 2.81. The van der Waals surface area contributed by atoms with Gasteiger partial charge in [0.15, 0.2) is 0 Å². The first-order valence-electron chi connectivity index (χ1n) is 7.84. The Kier molecular flexibility index (Phi) is 5.19. The van der Waals surface area contributed by atoms with Crippen LogP contribution < -0.4 is 0 Å². The molecule has 1 aromatic heterocycles. The zero-order valence-corrected chi connectivity index (χ0v) is 14.2. The van der Waals surface area contributed by atoms with E-state index in [0.717, 1.165) is 23.6 Å². The first-order valence-corrected chi connectivity index (χ1v) is 7.84. The second-order valence-corrected chi connectivity index (χ2v) is 6.38. The van der Waals surface area contributed by atoms with Gasteiger partial charge in [-0.15, -0.1) is 0 Å². The smallest absolute Gasteiger partial charge is 0.103 e. The fourth-order valence-electron chi connectivity index (χ4n) is 2.69. The van der Waals surface area contributed by atoms with Gasteiger partial charge >= 0.3 is 0 Å². The van der Waals surface area contributed by atoms with Gasteiger partial charge in [0, 0.05) is 13.1 Å². The van der Waals surface area contributed by atoms with Crippen LogP contribution in [0.5, 0.6) is 0 Å². The summed E-state index contributed by atoms with van der Waals surface area (Å²) in [6, 6.07) is 12.1. The van der Waals surface area contributed by atoms with Gasteiger partial charge in [-0.3, -0.25) is 4.90 Å². The Morgan fingerprint density at radius 1 is 1.30 bits per heavy atom. The number of benzene rings is 1.